The molecule has 0 aliphatic heterocycles. The van der Waals surface area contributed by atoms with Crippen molar-refractivity contribution in [3.8, 4) is 0 Å². The Hall–Kier alpha value is -3.24. The van der Waals surface area contributed by atoms with Gasteiger partial charge in [0.15, 0.2) is 0 Å². The van der Waals surface area contributed by atoms with Crippen LogP contribution in [0, 0.1) is 13.8 Å². The molecule has 174 valence electrons. The zero-order valence-electron chi connectivity index (χ0n) is 18.6. The number of aromatic nitrogens is 1. The molecule has 0 fully saturated rings. The number of ether oxygens (including phenoxy) is 1. The van der Waals surface area contributed by atoms with E-state index in [1.165, 1.54) is 0 Å². The van der Waals surface area contributed by atoms with Crippen LogP contribution in [0.25, 0.3) is 0 Å². The molecule has 8 nitrogen and oxygen atoms in total. The lowest BCUT2D eigenvalue weighted by Crippen LogP contribution is -2.18. The molecule has 3 rings (SSSR count). The Labute approximate surface area is 199 Å². The topological polar surface area (TPSA) is 106 Å². The average molecular weight is 488 g/mol. The summed E-state index contributed by atoms with van der Waals surface area (Å²) >= 11 is 2.16. The molecular formula is C23H25N3O5S2. The summed E-state index contributed by atoms with van der Waals surface area (Å²) in [5.41, 5.74) is 2.11. The molecule has 0 aliphatic carbocycles. The summed E-state index contributed by atoms with van der Waals surface area (Å²) in [5.74, 6) is -1.28. The Morgan fingerprint density at radius 1 is 1.09 bits per heavy atom. The fourth-order valence-electron chi connectivity index (χ4n) is 3.24. The Morgan fingerprint density at radius 3 is 2.45 bits per heavy atom. The summed E-state index contributed by atoms with van der Waals surface area (Å²) < 4.78 is 6.77. The van der Waals surface area contributed by atoms with Crippen molar-refractivity contribution in [3.05, 3.63) is 67.1 Å². The first-order chi connectivity index (χ1) is 15.8. The maximum Gasteiger partial charge on any atom is 0.341 e. The summed E-state index contributed by atoms with van der Waals surface area (Å²) in [5, 5.41) is 7.61. The van der Waals surface area contributed by atoms with Crippen LogP contribution in [0.5, 0.6) is 0 Å². The standard InChI is InChI=1S/C23H25N3O5S2/c1-4-31-22(29)18-15(3)19(20(28)24-16-9-6-5-7-10-16)33-21(18)25-17(27)11-8-12-26-14(2)13-32-23(26)30/h5-7,9-10,13H,4,8,11-12H2,1-3H3,(H,24,28)(H,25,27). The lowest BCUT2D eigenvalue weighted by Gasteiger charge is -2.08. The van der Waals surface area contributed by atoms with Crippen molar-refractivity contribution in [2.45, 2.75) is 40.2 Å². The SMILES string of the molecule is CCOC(=O)c1c(NC(=O)CCCn2c(C)csc2=O)sc(C(=O)Nc2ccccc2)c1C. The van der Waals surface area contributed by atoms with Gasteiger partial charge in [-0.25, -0.2) is 4.79 Å². The lowest BCUT2D eigenvalue weighted by molar-refractivity contribution is -0.116. The highest BCUT2D eigenvalue weighted by Gasteiger charge is 2.26. The number of hydrogen-bond donors (Lipinski definition) is 2. The molecule has 0 unspecified atom stereocenters. The van der Waals surface area contributed by atoms with Gasteiger partial charge in [-0.05, 0) is 44.9 Å². The number of nitrogens with zero attached hydrogens (tertiary/aromatic N) is 1. The minimum absolute atomic E-state index is 0.0551. The fraction of sp³-hybridized carbons (Fsp3) is 0.304. The van der Waals surface area contributed by atoms with Gasteiger partial charge in [0, 0.05) is 29.7 Å². The van der Waals surface area contributed by atoms with E-state index in [0.29, 0.717) is 29.1 Å². The van der Waals surface area contributed by atoms with E-state index in [0.717, 1.165) is 28.4 Å². The number of thiazole rings is 1. The van der Waals surface area contributed by atoms with Crippen molar-refractivity contribution < 1.29 is 19.1 Å². The molecule has 3 aromatic rings. The number of para-hydroxylation sites is 1. The molecule has 0 radical (unpaired) electrons. The lowest BCUT2D eigenvalue weighted by atomic mass is 10.1. The summed E-state index contributed by atoms with van der Waals surface area (Å²) in [6, 6.07) is 8.97. The van der Waals surface area contributed by atoms with Gasteiger partial charge in [0.2, 0.25) is 5.91 Å². The summed E-state index contributed by atoms with van der Waals surface area (Å²) in [4.78, 5) is 50.1. The maximum absolute atomic E-state index is 12.8. The monoisotopic (exact) mass is 487 g/mol. The minimum atomic E-state index is -0.597. The van der Waals surface area contributed by atoms with E-state index >= 15 is 0 Å². The van der Waals surface area contributed by atoms with Crippen LogP contribution >= 0.6 is 22.7 Å². The third-order valence-corrected chi connectivity index (χ3v) is 6.97. The van der Waals surface area contributed by atoms with Gasteiger partial charge in [-0.2, -0.15) is 0 Å². The highest BCUT2D eigenvalue weighted by atomic mass is 32.1. The number of hydrogen-bond acceptors (Lipinski definition) is 7. The summed E-state index contributed by atoms with van der Waals surface area (Å²) in [6.45, 7) is 5.79. The van der Waals surface area contributed by atoms with Crippen LogP contribution in [0.3, 0.4) is 0 Å². The second kappa shape index (κ2) is 11.1. The Bertz CT molecular complexity index is 1210. The van der Waals surface area contributed by atoms with E-state index in [1.54, 1.807) is 48.1 Å². The van der Waals surface area contributed by atoms with Crippen LogP contribution in [0.15, 0.2) is 40.5 Å². The number of carbonyl (C=O) groups excluding carboxylic acids is 3. The van der Waals surface area contributed by atoms with E-state index in [4.69, 9.17) is 4.74 Å². The number of aryl methyl sites for hydroxylation is 1. The maximum atomic E-state index is 12.8. The molecule has 2 amide bonds. The number of anilines is 2. The Morgan fingerprint density at radius 2 is 1.82 bits per heavy atom. The van der Waals surface area contributed by atoms with E-state index in [1.807, 2.05) is 13.0 Å². The second-order valence-corrected chi connectivity index (χ2v) is 9.09. The number of benzene rings is 1. The van der Waals surface area contributed by atoms with E-state index in [-0.39, 0.29) is 40.3 Å². The van der Waals surface area contributed by atoms with Crippen LogP contribution in [-0.2, 0) is 16.1 Å². The number of nitrogens with one attached hydrogen (secondary N) is 2. The van der Waals surface area contributed by atoms with Gasteiger partial charge in [0.05, 0.1) is 17.0 Å². The molecule has 10 heteroatoms. The third-order valence-electron chi connectivity index (χ3n) is 4.88. The smallest absolute Gasteiger partial charge is 0.341 e. The summed E-state index contributed by atoms with van der Waals surface area (Å²) in [7, 11) is 0. The number of carbonyl (C=O) groups is 3. The summed E-state index contributed by atoms with van der Waals surface area (Å²) in [6.07, 6.45) is 0.621. The van der Waals surface area contributed by atoms with Crippen molar-refractivity contribution in [2.24, 2.45) is 0 Å². The molecule has 0 atom stereocenters. The van der Waals surface area contributed by atoms with Crippen LogP contribution in [0.4, 0.5) is 10.7 Å². The minimum Gasteiger partial charge on any atom is -0.462 e. The van der Waals surface area contributed by atoms with Gasteiger partial charge in [0.25, 0.3) is 5.91 Å². The van der Waals surface area contributed by atoms with Crippen molar-refractivity contribution in [2.75, 3.05) is 17.2 Å². The molecule has 0 saturated carbocycles. The molecule has 2 heterocycles. The quantitative estimate of drug-likeness (QED) is 0.434. The fourth-order valence-corrected chi connectivity index (χ4v) is 5.11. The average Bonchev–Trinajstić information content (AvgIpc) is 3.27. The van der Waals surface area contributed by atoms with E-state index in [9.17, 15) is 19.2 Å². The van der Waals surface area contributed by atoms with E-state index in [2.05, 4.69) is 10.6 Å². The van der Waals surface area contributed by atoms with Crippen LogP contribution in [0.2, 0.25) is 0 Å². The van der Waals surface area contributed by atoms with Gasteiger partial charge in [-0.15, -0.1) is 11.3 Å². The first-order valence-electron chi connectivity index (χ1n) is 10.4. The molecule has 2 N–H and O–H groups in total. The van der Waals surface area contributed by atoms with Gasteiger partial charge in [-0.1, -0.05) is 29.5 Å². The second-order valence-electron chi connectivity index (χ2n) is 7.25. The molecule has 0 spiro atoms. The van der Waals surface area contributed by atoms with Gasteiger partial charge < -0.3 is 19.9 Å². The molecular weight excluding hydrogens is 462 g/mol. The zero-order chi connectivity index (χ0) is 24.0. The molecule has 1 aromatic carbocycles. The van der Waals surface area contributed by atoms with Crippen LogP contribution in [0.1, 0.15) is 51.1 Å². The predicted molar refractivity (Wildman–Crippen MR) is 131 cm³/mol. The first-order valence-corrected chi connectivity index (χ1v) is 12.1. The van der Waals surface area contributed by atoms with Gasteiger partial charge in [-0.3, -0.25) is 14.4 Å². The predicted octanol–water partition coefficient (Wildman–Crippen LogP) is 4.44. The zero-order valence-corrected chi connectivity index (χ0v) is 20.2. The van der Waals surface area contributed by atoms with Crippen molar-refractivity contribution in [1.82, 2.24) is 4.57 Å². The molecule has 2 aromatic heterocycles. The van der Waals surface area contributed by atoms with E-state index < -0.39 is 5.97 Å². The Kier molecular flexibility index (Phi) is 8.18. The van der Waals surface area contributed by atoms with Crippen molar-refractivity contribution >= 4 is 51.1 Å². The highest BCUT2D eigenvalue weighted by molar-refractivity contribution is 7.19. The number of rotatable bonds is 9. The number of amides is 2. The first kappa shape index (κ1) is 24.4. The largest absolute Gasteiger partial charge is 0.462 e. The molecule has 33 heavy (non-hydrogen) atoms. The van der Waals surface area contributed by atoms with Crippen molar-refractivity contribution in [3.63, 3.8) is 0 Å². The van der Waals surface area contributed by atoms with Crippen molar-refractivity contribution in [1.29, 1.82) is 0 Å². The van der Waals surface area contributed by atoms with Crippen LogP contribution in [-0.4, -0.2) is 29.0 Å². The number of thiophene rings is 1. The molecule has 0 saturated heterocycles. The van der Waals surface area contributed by atoms with Gasteiger partial charge in [0.1, 0.15) is 5.00 Å². The molecule has 0 aliphatic rings. The highest BCUT2D eigenvalue weighted by Crippen LogP contribution is 2.34. The Balaban J connectivity index is 1.75. The normalized spacial score (nSPS) is 10.6. The van der Waals surface area contributed by atoms with Crippen LogP contribution < -0.4 is 15.5 Å². The molecule has 0 bridgehead atoms. The van der Waals surface area contributed by atoms with Gasteiger partial charge >= 0.3 is 10.8 Å². The number of esters is 1. The third kappa shape index (κ3) is 5.96.